The van der Waals surface area contributed by atoms with E-state index in [1.54, 1.807) is 0 Å². The molecule has 1 aliphatic rings. The quantitative estimate of drug-likeness (QED) is 0.930. The largest absolute Gasteiger partial charge is 0.480 e. The Hall–Kier alpha value is -2.29. The number of ether oxygens (including phenoxy) is 1. The molecule has 1 N–H and O–H groups in total. The minimum atomic E-state index is -0.438. The first-order chi connectivity index (χ1) is 10.1. The topological polar surface area (TPSA) is 38.3 Å². The molecule has 0 aliphatic carbocycles. The number of carbonyl (C=O) groups is 1. The maximum Gasteiger partial charge on any atom is 0.265 e. The third-order valence-electron chi connectivity index (χ3n) is 3.78. The van der Waals surface area contributed by atoms with E-state index < -0.39 is 6.10 Å². The molecule has 2 aromatic rings. The van der Waals surface area contributed by atoms with Crippen LogP contribution in [0.1, 0.15) is 30.9 Å². The second kappa shape index (κ2) is 5.60. The molecule has 0 bridgehead atoms. The van der Waals surface area contributed by atoms with Crippen LogP contribution >= 0.6 is 0 Å². The van der Waals surface area contributed by atoms with Crippen molar-refractivity contribution in [2.24, 2.45) is 0 Å². The summed E-state index contributed by atoms with van der Waals surface area (Å²) in [6.45, 7) is 4.30. The Bertz CT molecular complexity index is 622. The van der Waals surface area contributed by atoms with Crippen molar-refractivity contribution in [3.05, 3.63) is 59.7 Å². The van der Waals surface area contributed by atoms with Gasteiger partial charge in [-0.3, -0.25) is 4.79 Å². The molecule has 1 aliphatic heterocycles. The van der Waals surface area contributed by atoms with Gasteiger partial charge in [0, 0.05) is 12.1 Å². The summed E-state index contributed by atoms with van der Waals surface area (Å²) in [4.78, 5) is 12.3. The van der Waals surface area contributed by atoms with Gasteiger partial charge >= 0.3 is 0 Å². The number of anilines is 1. The van der Waals surface area contributed by atoms with Crippen molar-refractivity contribution < 1.29 is 9.53 Å². The SMILES string of the molecule is CC(C)c1ccc(NC(=O)C2Cc3ccccc3O2)cc1. The highest BCUT2D eigenvalue weighted by atomic mass is 16.5. The van der Waals surface area contributed by atoms with Crippen LogP contribution in [0, 0.1) is 0 Å². The molecule has 1 unspecified atom stereocenters. The lowest BCUT2D eigenvalue weighted by Crippen LogP contribution is -2.31. The summed E-state index contributed by atoms with van der Waals surface area (Å²) < 4.78 is 5.69. The first-order valence-corrected chi connectivity index (χ1v) is 7.29. The van der Waals surface area contributed by atoms with Gasteiger partial charge in [0.05, 0.1) is 0 Å². The van der Waals surface area contributed by atoms with Crippen molar-refractivity contribution in [3.63, 3.8) is 0 Å². The van der Waals surface area contributed by atoms with Crippen molar-refractivity contribution in [2.75, 3.05) is 5.32 Å². The van der Waals surface area contributed by atoms with Crippen LogP contribution in [0.15, 0.2) is 48.5 Å². The van der Waals surface area contributed by atoms with Gasteiger partial charge in [-0.1, -0.05) is 44.2 Å². The molecule has 1 atom stereocenters. The molecular weight excluding hydrogens is 262 g/mol. The van der Waals surface area contributed by atoms with Gasteiger partial charge in [-0.15, -0.1) is 0 Å². The van der Waals surface area contributed by atoms with Gasteiger partial charge in [0.2, 0.25) is 0 Å². The fourth-order valence-electron chi connectivity index (χ4n) is 2.50. The number of rotatable bonds is 3. The fourth-order valence-corrected chi connectivity index (χ4v) is 2.50. The van der Waals surface area contributed by atoms with Crippen LogP contribution in [0.3, 0.4) is 0 Å². The Morgan fingerprint density at radius 1 is 1.14 bits per heavy atom. The zero-order valence-corrected chi connectivity index (χ0v) is 12.3. The van der Waals surface area contributed by atoms with Crippen LogP contribution in [0.5, 0.6) is 5.75 Å². The average Bonchev–Trinajstić information content (AvgIpc) is 2.92. The molecular formula is C18H19NO2. The maximum absolute atomic E-state index is 12.3. The predicted molar refractivity (Wildman–Crippen MR) is 83.7 cm³/mol. The summed E-state index contributed by atoms with van der Waals surface area (Å²) in [7, 11) is 0. The van der Waals surface area contributed by atoms with Crippen molar-refractivity contribution in [3.8, 4) is 5.75 Å². The lowest BCUT2D eigenvalue weighted by molar-refractivity contribution is -0.122. The van der Waals surface area contributed by atoms with E-state index in [0.29, 0.717) is 12.3 Å². The summed E-state index contributed by atoms with van der Waals surface area (Å²) in [5, 5.41) is 2.92. The number of nitrogens with one attached hydrogen (secondary N) is 1. The normalized spacial score (nSPS) is 16.4. The van der Waals surface area contributed by atoms with Gasteiger partial charge in [-0.2, -0.15) is 0 Å². The van der Waals surface area contributed by atoms with E-state index in [-0.39, 0.29) is 5.91 Å². The Kier molecular flexibility index (Phi) is 3.65. The highest BCUT2D eigenvalue weighted by molar-refractivity contribution is 5.95. The number of carbonyl (C=O) groups excluding carboxylic acids is 1. The lowest BCUT2D eigenvalue weighted by atomic mass is 10.0. The fraction of sp³-hybridized carbons (Fsp3) is 0.278. The Morgan fingerprint density at radius 3 is 2.52 bits per heavy atom. The number of benzene rings is 2. The van der Waals surface area contributed by atoms with Gasteiger partial charge in [0.15, 0.2) is 6.10 Å². The van der Waals surface area contributed by atoms with E-state index in [4.69, 9.17) is 4.74 Å². The van der Waals surface area contributed by atoms with E-state index in [2.05, 4.69) is 19.2 Å². The summed E-state index contributed by atoms with van der Waals surface area (Å²) in [5.41, 5.74) is 3.16. The third-order valence-corrected chi connectivity index (χ3v) is 3.78. The summed E-state index contributed by atoms with van der Waals surface area (Å²) in [6, 6.07) is 15.8. The van der Waals surface area contributed by atoms with Crippen LogP contribution in [0.25, 0.3) is 0 Å². The first-order valence-electron chi connectivity index (χ1n) is 7.29. The van der Waals surface area contributed by atoms with E-state index in [0.717, 1.165) is 17.0 Å². The van der Waals surface area contributed by atoms with Gasteiger partial charge in [-0.05, 0) is 35.2 Å². The minimum Gasteiger partial charge on any atom is -0.480 e. The minimum absolute atomic E-state index is 0.0940. The third kappa shape index (κ3) is 2.92. The Balaban J connectivity index is 1.65. The Labute approximate surface area is 124 Å². The molecule has 0 saturated carbocycles. The molecule has 1 heterocycles. The monoisotopic (exact) mass is 281 g/mol. The Morgan fingerprint density at radius 2 is 1.86 bits per heavy atom. The molecule has 3 nitrogen and oxygen atoms in total. The van der Waals surface area contributed by atoms with E-state index in [9.17, 15) is 4.79 Å². The van der Waals surface area contributed by atoms with Crippen molar-refractivity contribution >= 4 is 11.6 Å². The molecule has 3 heteroatoms. The molecule has 0 spiro atoms. The van der Waals surface area contributed by atoms with Gasteiger partial charge in [-0.25, -0.2) is 0 Å². The number of amides is 1. The smallest absolute Gasteiger partial charge is 0.265 e. The van der Waals surface area contributed by atoms with Crippen molar-refractivity contribution in [1.29, 1.82) is 0 Å². The van der Waals surface area contributed by atoms with E-state index >= 15 is 0 Å². The highest BCUT2D eigenvalue weighted by Gasteiger charge is 2.28. The highest BCUT2D eigenvalue weighted by Crippen LogP contribution is 2.28. The first kappa shape index (κ1) is 13.7. The number of para-hydroxylation sites is 1. The van der Waals surface area contributed by atoms with Crippen molar-refractivity contribution in [2.45, 2.75) is 32.3 Å². The molecule has 2 aromatic carbocycles. The maximum atomic E-state index is 12.3. The zero-order valence-electron chi connectivity index (χ0n) is 12.3. The standard InChI is InChI=1S/C18H19NO2/c1-12(2)13-7-9-15(10-8-13)19-18(20)17-11-14-5-3-4-6-16(14)21-17/h3-10,12,17H,11H2,1-2H3,(H,19,20). The van der Waals surface area contributed by atoms with Crippen LogP contribution in [-0.2, 0) is 11.2 Å². The molecule has 21 heavy (non-hydrogen) atoms. The predicted octanol–water partition coefficient (Wildman–Crippen LogP) is 3.75. The van der Waals surface area contributed by atoms with Gasteiger partial charge in [0.25, 0.3) is 5.91 Å². The summed E-state index contributed by atoms with van der Waals surface area (Å²) in [6.07, 6.45) is 0.193. The number of hydrogen-bond acceptors (Lipinski definition) is 2. The second-order valence-electron chi connectivity index (χ2n) is 5.68. The molecule has 0 aromatic heterocycles. The second-order valence-corrected chi connectivity index (χ2v) is 5.68. The summed E-state index contributed by atoms with van der Waals surface area (Å²) in [5.74, 6) is 1.21. The van der Waals surface area contributed by atoms with E-state index in [1.165, 1.54) is 5.56 Å². The summed E-state index contributed by atoms with van der Waals surface area (Å²) >= 11 is 0. The van der Waals surface area contributed by atoms with Crippen LogP contribution < -0.4 is 10.1 Å². The zero-order chi connectivity index (χ0) is 14.8. The molecule has 108 valence electrons. The van der Waals surface area contributed by atoms with Crippen LogP contribution in [0.4, 0.5) is 5.69 Å². The molecule has 0 saturated heterocycles. The molecule has 0 fully saturated rings. The number of hydrogen-bond donors (Lipinski definition) is 1. The molecule has 3 rings (SSSR count). The number of fused-ring (bicyclic) bond motifs is 1. The van der Waals surface area contributed by atoms with Crippen LogP contribution in [-0.4, -0.2) is 12.0 Å². The lowest BCUT2D eigenvalue weighted by Gasteiger charge is -2.12. The van der Waals surface area contributed by atoms with E-state index in [1.807, 2.05) is 48.5 Å². The van der Waals surface area contributed by atoms with Crippen LogP contribution in [0.2, 0.25) is 0 Å². The van der Waals surface area contributed by atoms with Gasteiger partial charge < -0.3 is 10.1 Å². The molecule has 1 amide bonds. The van der Waals surface area contributed by atoms with Gasteiger partial charge in [0.1, 0.15) is 5.75 Å². The molecule has 0 radical (unpaired) electrons. The van der Waals surface area contributed by atoms with Crippen molar-refractivity contribution in [1.82, 2.24) is 0 Å². The average molecular weight is 281 g/mol.